The Morgan fingerprint density at radius 2 is 1.52 bits per heavy atom. The van der Waals surface area contributed by atoms with E-state index >= 15 is 0 Å². The third-order valence-corrected chi connectivity index (χ3v) is 22.3. The van der Waals surface area contributed by atoms with Crippen molar-refractivity contribution < 1.29 is 29.6 Å². The highest BCUT2D eigenvalue weighted by molar-refractivity contribution is 5.74. The van der Waals surface area contributed by atoms with E-state index in [1.165, 1.54) is 62.5 Å². The highest BCUT2D eigenvalue weighted by Crippen LogP contribution is 2.88. The molecule has 7 fully saturated rings. The molecular weight excluding hydrogens is 769 g/mol. The van der Waals surface area contributed by atoms with Gasteiger partial charge in [0, 0.05) is 48.7 Å². The number of hydrogen-bond acceptors (Lipinski definition) is 5. The van der Waals surface area contributed by atoms with Crippen molar-refractivity contribution in [3.8, 4) is 11.8 Å². The monoisotopic (exact) mass is 853 g/mol. The number of carboxylic acids is 1. The lowest BCUT2D eigenvalue weighted by molar-refractivity contribution is -0.336. The van der Waals surface area contributed by atoms with Crippen LogP contribution >= 0.6 is 0 Å². The third-order valence-electron chi connectivity index (χ3n) is 22.3. The first kappa shape index (κ1) is 45.3. The van der Waals surface area contributed by atoms with Crippen LogP contribution in [-0.2, 0) is 27.1 Å². The molecule has 9 rings (SSSR count). The molecule has 0 aromatic heterocycles. The van der Waals surface area contributed by atoms with Crippen LogP contribution < -0.4 is 0 Å². The van der Waals surface area contributed by atoms with E-state index in [0.717, 1.165) is 109 Å². The molecule has 1 aliphatic heterocycles. The Balaban J connectivity index is 1.18. The van der Waals surface area contributed by atoms with Gasteiger partial charge < -0.3 is 24.8 Å². The number of aliphatic carboxylic acids is 1. The number of methoxy groups -OCH3 is 1. The summed E-state index contributed by atoms with van der Waals surface area (Å²) >= 11 is 0. The van der Waals surface area contributed by atoms with Crippen LogP contribution in [0.5, 0.6) is 0 Å². The number of aliphatic hydroxyl groups excluding tert-OH is 1. The summed E-state index contributed by atoms with van der Waals surface area (Å²) in [5.74, 6) is 8.37. The van der Waals surface area contributed by atoms with Crippen molar-refractivity contribution >= 4 is 5.97 Å². The molecule has 6 saturated carbocycles. The van der Waals surface area contributed by atoms with Gasteiger partial charge in [-0.3, -0.25) is 4.79 Å². The molecule has 2 spiro atoms. The van der Waals surface area contributed by atoms with Gasteiger partial charge in [0.25, 0.3) is 0 Å². The van der Waals surface area contributed by atoms with Gasteiger partial charge in [-0.25, -0.2) is 0 Å². The maximum atomic E-state index is 13.3. The van der Waals surface area contributed by atoms with Crippen molar-refractivity contribution in [1.29, 1.82) is 0 Å². The Morgan fingerprint density at radius 1 is 0.806 bits per heavy atom. The molecular formula is C56H84O6. The van der Waals surface area contributed by atoms with Gasteiger partial charge in [0.1, 0.15) is 0 Å². The zero-order valence-corrected chi connectivity index (χ0v) is 39.9. The average Bonchev–Trinajstić information content (AvgIpc) is 3.43. The van der Waals surface area contributed by atoms with E-state index in [1.54, 1.807) is 7.11 Å². The van der Waals surface area contributed by atoms with Gasteiger partial charge in [-0.05, 0) is 160 Å². The van der Waals surface area contributed by atoms with Gasteiger partial charge in [0.05, 0.1) is 18.1 Å². The lowest BCUT2D eigenvalue weighted by Crippen LogP contribution is -2.78. The van der Waals surface area contributed by atoms with E-state index in [9.17, 15) is 20.1 Å². The van der Waals surface area contributed by atoms with E-state index in [1.807, 2.05) is 0 Å². The van der Waals surface area contributed by atoms with E-state index in [2.05, 4.69) is 70.7 Å². The van der Waals surface area contributed by atoms with E-state index in [4.69, 9.17) is 9.47 Å². The van der Waals surface area contributed by atoms with Crippen LogP contribution in [0.3, 0.4) is 0 Å². The normalized spacial score (nSPS) is 47.3. The summed E-state index contributed by atoms with van der Waals surface area (Å²) in [6.45, 7) is 12.9. The molecule has 0 radical (unpaired) electrons. The van der Waals surface area contributed by atoms with Crippen LogP contribution in [-0.4, -0.2) is 53.5 Å². The molecule has 1 saturated heterocycles. The second kappa shape index (κ2) is 16.2. The topological polar surface area (TPSA) is 96.2 Å². The first-order chi connectivity index (χ1) is 29.6. The lowest BCUT2D eigenvalue weighted by atomic mass is 9.22. The Hall–Kier alpha value is -1.91. The minimum Gasteiger partial charge on any atom is -0.481 e. The molecule has 6 heteroatoms. The smallest absolute Gasteiger partial charge is 0.309 e. The van der Waals surface area contributed by atoms with Gasteiger partial charge in [-0.15, -0.1) is 5.92 Å². The first-order valence-electron chi connectivity index (χ1n) is 25.9. The SMILES string of the molecule is CCC[C@@H]1[C@@]23CC[C@@]45C#CC[C@H](CCC6CCCCC6)CC[C@]6(CC[C@@]4(C)[C@]2(CO)CC[C@]1(O)O[C@H]3Cc1ccc(CCOC)cc1)[C@@H]1C[C@](C)(C(=O)O)CC[C@]1(C)CC[C@@]65C. The molecule has 6 nitrogen and oxygen atoms in total. The van der Waals surface area contributed by atoms with E-state index in [0.29, 0.717) is 24.9 Å². The van der Waals surface area contributed by atoms with E-state index < -0.39 is 28.0 Å². The number of benzene rings is 1. The highest BCUT2D eigenvalue weighted by Gasteiger charge is 2.85. The summed E-state index contributed by atoms with van der Waals surface area (Å²) in [4.78, 5) is 13.3. The Bertz CT molecular complexity index is 1880. The second-order valence-corrected chi connectivity index (χ2v) is 24.3. The van der Waals surface area contributed by atoms with Crippen LogP contribution in [0, 0.1) is 78.8 Å². The van der Waals surface area contributed by atoms with Crippen LogP contribution in [0.1, 0.15) is 193 Å². The van der Waals surface area contributed by atoms with E-state index in [-0.39, 0.29) is 45.7 Å². The molecule has 7 aliphatic carbocycles. The van der Waals surface area contributed by atoms with Crippen molar-refractivity contribution in [3.63, 3.8) is 0 Å². The zero-order valence-electron chi connectivity index (χ0n) is 39.9. The van der Waals surface area contributed by atoms with Crippen molar-refractivity contribution in [1.82, 2.24) is 0 Å². The minimum absolute atomic E-state index is 0.0335. The second-order valence-electron chi connectivity index (χ2n) is 24.3. The fourth-order valence-corrected chi connectivity index (χ4v) is 18.7. The molecule has 4 bridgehead atoms. The summed E-state index contributed by atoms with van der Waals surface area (Å²) in [6.07, 6.45) is 26.1. The van der Waals surface area contributed by atoms with Crippen molar-refractivity contribution in [2.75, 3.05) is 20.3 Å². The molecule has 1 heterocycles. The van der Waals surface area contributed by atoms with Gasteiger partial charge >= 0.3 is 5.97 Å². The largest absolute Gasteiger partial charge is 0.481 e. The molecule has 344 valence electrons. The number of aliphatic hydroxyl groups is 2. The fourth-order valence-electron chi connectivity index (χ4n) is 18.7. The van der Waals surface area contributed by atoms with Crippen molar-refractivity contribution in [2.45, 2.75) is 207 Å². The Kier molecular flexibility index (Phi) is 11.8. The number of hydrogen-bond donors (Lipinski definition) is 3. The summed E-state index contributed by atoms with van der Waals surface area (Å²) in [5.41, 5.74) is 0.125. The first-order valence-corrected chi connectivity index (χ1v) is 25.9. The number of rotatable bonds is 12. The number of fused-ring (bicyclic) bond motifs is 3. The van der Waals surface area contributed by atoms with Gasteiger partial charge in [0.15, 0.2) is 5.79 Å². The fraction of sp³-hybridized carbons (Fsp3) is 0.839. The van der Waals surface area contributed by atoms with Gasteiger partial charge in [0.2, 0.25) is 0 Å². The Labute approximate surface area is 375 Å². The lowest BCUT2D eigenvalue weighted by Gasteiger charge is -2.81. The van der Waals surface area contributed by atoms with Crippen molar-refractivity contribution in [2.24, 2.45) is 67.0 Å². The molecule has 13 atom stereocenters. The maximum Gasteiger partial charge on any atom is 0.309 e. The zero-order chi connectivity index (χ0) is 43.9. The molecule has 3 N–H and O–H groups in total. The number of carbonyl (C=O) groups is 1. The van der Waals surface area contributed by atoms with Crippen LogP contribution in [0.2, 0.25) is 0 Å². The van der Waals surface area contributed by atoms with Crippen LogP contribution in [0.25, 0.3) is 0 Å². The Morgan fingerprint density at radius 3 is 2.23 bits per heavy atom. The maximum absolute atomic E-state index is 13.3. The quantitative estimate of drug-likeness (QED) is 0.181. The highest BCUT2D eigenvalue weighted by atomic mass is 16.6. The molecule has 0 unspecified atom stereocenters. The molecule has 62 heavy (non-hydrogen) atoms. The number of carboxylic acid groups (broad SMARTS) is 1. The third kappa shape index (κ3) is 6.25. The van der Waals surface area contributed by atoms with Gasteiger partial charge in [-0.1, -0.05) is 103 Å². The van der Waals surface area contributed by atoms with Crippen LogP contribution in [0.15, 0.2) is 24.3 Å². The molecule has 0 amide bonds. The predicted octanol–water partition coefficient (Wildman–Crippen LogP) is 12.1. The summed E-state index contributed by atoms with van der Waals surface area (Å²) < 4.78 is 12.6. The summed E-state index contributed by atoms with van der Waals surface area (Å²) in [7, 11) is 1.75. The summed E-state index contributed by atoms with van der Waals surface area (Å²) in [5, 5.41) is 36.3. The predicted molar refractivity (Wildman–Crippen MR) is 246 cm³/mol. The standard InChI is InChI=1S/C56H84O6/c1-7-12-44-55-34-32-53-24-11-15-41(17-16-40-13-9-8-10-14-40)22-25-52(45-38-49(3,47(58)59)27-26-48(45,2)28-29-50(52,53)4)31-30-51(53,5)54(55,39-57)33-35-56(44,60)62-46(55)37-43-20-18-42(19-21-43)23-36-61-6/h18-21,40-41,44-46,57,60H,7-10,12-17,22-23,25-39H2,1-6H3,(H,58,59)/t41-,44-,45-,46+,48-,49-,50+,51-,52+,53-,54-,55-,56+/m1/s1. The minimum atomic E-state index is -1.20. The number of ether oxygens (including phenoxy) is 2. The van der Waals surface area contributed by atoms with Crippen molar-refractivity contribution in [3.05, 3.63) is 35.4 Å². The average molecular weight is 853 g/mol. The van der Waals surface area contributed by atoms with Crippen LogP contribution in [0.4, 0.5) is 0 Å². The molecule has 8 aliphatic rings. The van der Waals surface area contributed by atoms with Gasteiger partial charge in [-0.2, -0.15) is 0 Å². The molecule has 1 aromatic rings. The molecule has 1 aromatic carbocycles. The summed E-state index contributed by atoms with van der Waals surface area (Å²) in [6, 6.07) is 8.99.